The van der Waals surface area contributed by atoms with Crippen molar-refractivity contribution in [3.05, 3.63) is 63.6 Å². The second-order valence-electron chi connectivity index (χ2n) is 6.75. The first kappa shape index (κ1) is 18.5. The van der Waals surface area contributed by atoms with Gasteiger partial charge in [0.05, 0.1) is 31.1 Å². The van der Waals surface area contributed by atoms with Crippen LogP contribution in [0.5, 0.6) is 5.75 Å². The number of hydrogen-bond donors (Lipinski definition) is 1. The molecule has 0 aliphatic carbocycles. The van der Waals surface area contributed by atoms with Gasteiger partial charge >= 0.3 is 5.69 Å². The average molecular weight is 401 g/mol. The Hall–Kier alpha value is -2.87. The van der Waals surface area contributed by atoms with Crippen LogP contribution in [0.1, 0.15) is 24.2 Å². The molecule has 1 unspecified atom stereocenters. The fourth-order valence-electron chi connectivity index (χ4n) is 3.39. The summed E-state index contributed by atoms with van der Waals surface area (Å²) in [6.45, 7) is 1.04. The molecule has 1 aliphatic heterocycles. The summed E-state index contributed by atoms with van der Waals surface area (Å²) in [4.78, 5) is 21.2. The molecule has 0 bridgehead atoms. The third-order valence-corrected chi connectivity index (χ3v) is 5.03. The topological polar surface area (TPSA) is 86.9 Å². The van der Waals surface area contributed by atoms with Crippen molar-refractivity contribution in [1.29, 1.82) is 0 Å². The van der Waals surface area contributed by atoms with Gasteiger partial charge in [0.25, 0.3) is 0 Å². The van der Waals surface area contributed by atoms with Gasteiger partial charge in [-0.3, -0.25) is 4.57 Å². The Labute approximate surface area is 167 Å². The van der Waals surface area contributed by atoms with Crippen LogP contribution in [0.15, 0.2) is 41.5 Å². The van der Waals surface area contributed by atoms with Crippen LogP contribution in [0.3, 0.4) is 0 Å². The Kier molecular flexibility index (Phi) is 5.29. The number of nitrogens with one attached hydrogen (secondary N) is 1. The van der Waals surface area contributed by atoms with Gasteiger partial charge in [0.1, 0.15) is 11.6 Å². The van der Waals surface area contributed by atoms with Crippen LogP contribution in [0, 0.1) is 0 Å². The lowest BCUT2D eigenvalue weighted by atomic mass is 10.1. The molecule has 0 saturated carbocycles. The molecule has 0 saturated heterocycles. The van der Waals surface area contributed by atoms with E-state index in [0.717, 1.165) is 30.0 Å². The van der Waals surface area contributed by atoms with E-state index < -0.39 is 0 Å². The fraction of sp³-hybridized carbons (Fsp3) is 0.368. The summed E-state index contributed by atoms with van der Waals surface area (Å²) < 4.78 is 8.55. The quantitative estimate of drug-likeness (QED) is 0.707. The van der Waals surface area contributed by atoms with Gasteiger partial charge in [0.2, 0.25) is 5.95 Å². The maximum atomic E-state index is 12.8. The Morgan fingerprint density at radius 1 is 1.29 bits per heavy atom. The fourth-order valence-corrected chi connectivity index (χ4v) is 3.49. The Morgan fingerprint density at radius 3 is 2.89 bits per heavy atom. The molecule has 0 amide bonds. The van der Waals surface area contributed by atoms with Crippen molar-refractivity contribution in [2.24, 2.45) is 0 Å². The minimum atomic E-state index is -0.0822. The number of anilines is 1. The summed E-state index contributed by atoms with van der Waals surface area (Å²) >= 11 is 5.83. The van der Waals surface area contributed by atoms with E-state index in [-0.39, 0.29) is 11.7 Å². The zero-order valence-corrected chi connectivity index (χ0v) is 16.3. The van der Waals surface area contributed by atoms with E-state index in [1.165, 1.54) is 4.68 Å². The van der Waals surface area contributed by atoms with Crippen LogP contribution in [-0.2, 0) is 19.5 Å². The van der Waals surface area contributed by atoms with Gasteiger partial charge in [-0.1, -0.05) is 23.7 Å². The highest BCUT2D eigenvalue weighted by atomic mass is 35.5. The van der Waals surface area contributed by atoms with Crippen LogP contribution in [0.2, 0.25) is 5.02 Å². The largest absolute Gasteiger partial charge is 0.497 e. The minimum absolute atomic E-state index is 0.0822. The van der Waals surface area contributed by atoms with Gasteiger partial charge in [-0.15, -0.1) is 0 Å². The highest BCUT2D eigenvalue weighted by Crippen LogP contribution is 2.17. The van der Waals surface area contributed by atoms with E-state index in [1.54, 1.807) is 24.1 Å². The summed E-state index contributed by atoms with van der Waals surface area (Å²) in [6.07, 6.45) is 5.49. The van der Waals surface area contributed by atoms with Crippen molar-refractivity contribution >= 4 is 17.5 Å². The van der Waals surface area contributed by atoms with Crippen LogP contribution in [0.4, 0.5) is 5.95 Å². The SMILES string of the molecule is COc1cccc(Cn2nc3n(c2=O)CCC(Nc2ncc(Cl)cn2)CC3)c1. The predicted molar refractivity (Wildman–Crippen MR) is 106 cm³/mol. The Bertz CT molecular complexity index is 1010. The van der Waals surface area contributed by atoms with E-state index >= 15 is 0 Å². The highest BCUT2D eigenvalue weighted by Gasteiger charge is 2.21. The van der Waals surface area contributed by atoms with Gasteiger partial charge in [-0.25, -0.2) is 19.4 Å². The third kappa shape index (κ3) is 4.01. The van der Waals surface area contributed by atoms with Gasteiger partial charge < -0.3 is 10.1 Å². The van der Waals surface area contributed by atoms with Gasteiger partial charge in [0.15, 0.2) is 0 Å². The van der Waals surface area contributed by atoms with Gasteiger partial charge in [-0.05, 0) is 30.5 Å². The molecule has 0 fully saturated rings. The molecular formula is C19H21ClN6O2. The van der Waals surface area contributed by atoms with Crippen molar-refractivity contribution in [3.63, 3.8) is 0 Å². The van der Waals surface area contributed by atoms with E-state index in [9.17, 15) is 4.79 Å². The number of aromatic nitrogens is 5. The van der Waals surface area contributed by atoms with E-state index in [1.807, 2.05) is 24.3 Å². The number of fused-ring (bicyclic) bond motifs is 1. The maximum Gasteiger partial charge on any atom is 0.346 e. The van der Waals surface area contributed by atoms with Crippen LogP contribution < -0.4 is 15.7 Å². The first-order chi connectivity index (χ1) is 13.6. The number of benzene rings is 1. The number of halogens is 1. The van der Waals surface area contributed by atoms with Crippen LogP contribution >= 0.6 is 11.6 Å². The van der Waals surface area contributed by atoms with Gasteiger partial charge in [-0.2, -0.15) is 5.10 Å². The summed E-state index contributed by atoms with van der Waals surface area (Å²) in [6, 6.07) is 7.85. The first-order valence-corrected chi connectivity index (χ1v) is 9.53. The minimum Gasteiger partial charge on any atom is -0.497 e. The monoisotopic (exact) mass is 400 g/mol. The van der Waals surface area contributed by atoms with E-state index in [2.05, 4.69) is 20.4 Å². The highest BCUT2D eigenvalue weighted by molar-refractivity contribution is 6.30. The maximum absolute atomic E-state index is 12.8. The molecule has 28 heavy (non-hydrogen) atoms. The lowest BCUT2D eigenvalue weighted by Crippen LogP contribution is -2.27. The lowest BCUT2D eigenvalue weighted by Gasteiger charge is -2.15. The lowest BCUT2D eigenvalue weighted by molar-refractivity contribution is 0.414. The van der Waals surface area contributed by atoms with E-state index in [0.29, 0.717) is 30.5 Å². The van der Waals surface area contributed by atoms with Crippen molar-refractivity contribution in [1.82, 2.24) is 24.3 Å². The summed E-state index contributed by atoms with van der Waals surface area (Å²) in [5.74, 6) is 2.13. The molecule has 8 nitrogen and oxygen atoms in total. The molecular weight excluding hydrogens is 380 g/mol. The van der Waals surface area contributed by atoms with Gasteiger partial charge in [0, 0.05) is 19.0 Å². The molecule has 1 N–H and O–H groups in total. The molecule has 3 heterocycles. The number of aryl methyl sites for hydroxylation is 1. The molecule has 9 heteroatoms. The number of methoxy groups -OCH3 is 1. The summed E-state index contributed by atoms with van der Waals surface area (Å²) in [5.41, 5.74) is 0.898. The molecule has 1 aliphatic rings. The van der Waals surface area contributed by atoms with Crippen LogP contribution in [0.25, 0.3) is 0 Å². The molecule has 2 aromatic heterocycles. The summed E-state index contributed by atoms with van der Waals surface area (Å²) in [5, 5.41) is 8.38. The zero-order chi connectivity index (χ0) is 19.5. The molecule has 1 aromatic carbocycles. The average Bonchev–Trinajstić information content (AvgIpc) is 2.87. The van der Waals surface area contributed by atoms with Crippen molar-refractivity contribution in [2.45, 2.75) is 38.4 Å². The Morgan fingerprint density at radius 2 is 2.11 bits per heavy atom. The number of hydrogen-bond acceptors (Lipinski definition) is 6. The molecule has 1 atom stereocenters. The molecule has 0 radical (unpaired) electrons. The van der Waals surface area contributed by atoms with Crippen molar-refractivity contribution in [3.8, 4) is 5.75 Å². The smallest absolute Gasteiger partial charge is 0.346 e. The molecule has 146 valence electrons. The first-order valence-electron chi connectivity index (χ1n) is 9.16. The number of nitrogens with zero attached hydrogens (tertiary/aromatic N) is 5. The Balaban J connectivity index is 1.46. The standard InChI is InChI=1S/C19H21ClN6O2/c1-28-16-4-2-3-13(9-16)12-26-19(27)25-8-7-15(5-6-17(25)24-26)23-18-21-10-14(20)11-22-18/h2-4,9-11,15H,5-8,12H2,1H3,(H,21,22,23). The zero-order valence-electron chi connectivity index (χ0n) is 15.5. The second kappa shape index (κ2) is 8.02. The third-order valence-electron chi connectivity index (χ3n) is 4.84. The van der Waals surface area contributed by atoms with E-state index in [4.69, 9.17) is 16.3 Å². The predicted octanol–water partition coefficient (Wildman–Crippen LogP) is 2.36. The normalized spacial score (nSPS) is 16.3. The van der Waals surface area contributed by atoms with Crippen molar-refractivity contribution in [2.75, 3.05) is 12.4 Å². The number of rotatable bonds is 5. The van der Waals surface area contributed by atoms with Crippen molar-refractivity contribution < 1.29 is 4.74 Å². The molecule has 4 rings (SSSR count). The molecule has 0 spiro atoms. The second-order valence-corrected chi connectivity index (χ2v) is 7.19. The molecule has 3 aromatic rings. The summed E-state index contributed by atoms with van der Waals surface area (Å²) in [7, 11) is 1.63. The van der Waals surface area contributed by atoms with Crippen LogP contribution in [-0.4, -0.2) is 37.5 Å². The number of ether oxygens (including phenoxy) is 1.